The number of carbonyl (C=O) groups is 4. The van der Waals surface area contributed by atoms with Crippen LogP contribution >= 0.6 is 24.4 Å². The summed E-state index contributed by atoms with van der Waals surface area (Å²) in [5.74, 6) is -0.224. The van der Waals surface area contributed by atoms with Gasteiger partial charge in [-0.25, -0.2) is 19.6 Å². The Morgan fingerprint density at radius 2 is 1.03 bits per heavy atom. The minimum atomic E-state index is -0.653. The third-order valence-electron chi connectivity index (χ3n) is 10.2. The molecule has 18 heteroatoms. The fourth-order valence-corrected chi connectivity index (χ4v) is 8.26. The molecule has 2 aliphatic carbocycles. The predicted molar refractivity (Wildman–Crippen MR) is 237 cm³/mol. The molecule has 0 unspecified atom stereocenters. The summed E-state index contributed by atoms with van der Waals surface area (Å²) >= 11 is 5.28. The Hall–Kier alpha value is -6.92. The maximum absolute atomic E-state index is 13.4. The van der Waals surface area contributed by atoms with Gasteiger partial charge in [0.2, 0.25) is 5.78 Å². The normalized spacial score (nSPS) is 12.9. The summed E-state index contributed by atoms with van der Waals surface area (Å²) in [5, 5.41) is -0.00718. The number of Topliss-reactive ketones (excluding diaryl/α,β-unsaturated/α-hetero) is 1. The molecule has 0 spiro atoms. The summed E-state index contributed by atoms with van der Waals surface area (Å²) in [4.78, 5) is 111. The van der Waals surface area contributed by atoms with Crippen molar-refractivity contribution in [3.05, 3.63) is 147 Å². The van der Waals surface area contributed by atoms with Crippen molar-refractivity contribution in [3.63, 3.8) is 0 Å². The maximum Gasteiger partial charge on any atom is 0.332 e. The van der Waals surface area contributed by atoms with Crippen LogP contribution in [0.1, 0.15) is 66.7 Å². The lowest BCUT2D eigenvalue weighted by molar-refractivity contribution is 0.0991. The first-order valence-corrected chi connectivity index (χ1v) is 20.2. The Kier molecular flexibility index (Phi) is 12.9. The molecule has 2 aliphatic rings. The average Bonchev–Trinajstić information content (AvgIpc) is 3.28. The number of aromatic nitrogens is 6. The molecule has 318 valence electrons. The van der Waals surface area contributed by atoms with Crippen molar-refractivity contribution in [2.45, 2.75) is 36.5 Å². The van der Waals surface area contributed by atoms with E-state index >= 15 is 0 Å². The topological polar surface area (TPSA) is 201 Å². The van der Waals surface area contributed by atoms with E-state index in [9.17, 15) is 38.4 Å². The Morgan fingerprint density at radius 3 is 1.52 bits per heavy atom. The summed E-state index contributed by atoms with van der Waals surface area (Å²) in [6.45, 7) is 3.60. The Labute approximate surface area is 362 Å². The first kappa shape index (κ1) is 44.6. The number of para-hydroxylation sites is 2. The number of ether oxygens (including phenoxy) is 2. The molecule has 62 heavy (non-hydrogen) atoms. The van der Waals surface area contributed by atoms with Crippen molar-refractivity contribution in [1.82, 2.24) is 28.2 Å². The van der Waals surface area contributed by atoms with Crippen LogP contribution in [0.25, 0.3) is 22.1 Å². The van der Waals surface area contributed by atoms with Gasteiger partial charge in [-0.3, -0.25) is 47.0 Å². The van der Waals surface area contributed by atoms with E-state index in [0.717, 1.165) is 37.6 Å². The lowest BCUT2D eigenvalue weighted by Gasteiger charge is -2.20. The minimum absolute atomic E-state index is 0.00688. The van der Waals surface area contributed by atoms with Gasteiger partial charge < -0.3 is 9.47 Å². The lowest BCUT2D eigenvalue weighted by atomic mass is 9.90. The maximum atomic E-state index is 13.4. The van der Waals surface area contributed by atoms with E-state index in [1.807, 2.05) is 36.4 Å². The fourth-order valence-electron chi connectivity index (χ4n) is 7.01. The lowest BCUT2D eigenvalue weighted by Crippen LogP contribution is -2.39. The number of nitrogens with zero attached hydrogens (tertiary/aromatic N) is 6. The summed E-state index contributed by atoms with van der Waals surface area (Å²) in [6, 6.07) is 14.8. The number of rotatable bonds is 6. The zero-order valence-corrected chi connectivity index (χ0v) is 36.6. The molecule has 0 radical (unpaired) electrons. The molecular formula is C44H40N6O10S2. The molecule has 4 aromatic heterocycles. The highest BCUT2D eigenvalue weighted by molar-refractivity contribution is 8.04. The van der Waals surface area contributed by atoms with Crippen LogP contribution in [-0.2, 0) is 41.0 Å². The van der Waals surface area contributed by atoms with Crippen molar-refractivity contribution in [2.75, 3.05) is 14.2 Å². The molecule has 0 atom stereocenters. The summed E-state index contributed by atoms with van der Waals surface area (Å²) < 4.78 is 14.6. The van der Waals surface area contributed by atoms with E-state index in [1.165, 1.54) is 56.6 Å². The Balaban J connectivity index is 0.000000179. The van der Waals surface area contributed by atoms with Gasteiger partial charge in [0.05, 0.1) is 68.4 Å². The van der Waals surface area contributed by atoms with Crippen molar-refractivity contribution in [3.8, 4) is 11.5 Å². The van der Waals surface area contributed by atoms with Crippen LogP contribution in [0.4, 0.5) is 0 Å². The number of pyridine rings is 2. The molecule has 0 bridgehead atoms. The van der Waals surface area contributed by atoms with Crippen molar-refractivity contribution in [2.24, 2.45) is 28.2 Å². The number of benzene rings is 2. The molecule has 0 amide bonds. The van der Waals surface area contributed by atoms with Gasteiger partial charge in [0, 0.05) is 39.2 Å². The van der Waals surface area contributed by atoms with Crippen LogP contribution < -0.4 is 32.0 Å². The van der Waals surface area contributed by atoms with Crippen molar-refractivity contribution < 1.29 is 28.7 Å². The van der Waals surface area contributed by atoms with Crippen LogP contribution in [0.15, 0.2) is 101 Å². The third kappa shape index (κ3) is 7.77. The second-order valence-corrected chi connectivity index (χ2v) is 15.4. The number of fused-ring (bicyclic) bond motifs is 6. The highest BCUT2D eigenvalue weighted by atomic mass is 32.2. The second-order valence-electron chi connectivity index (χ2n) is 13.8. The second kappa shape index (κ2) is 18.0. The van der Waals surface area contributed by atoms with Crippen molar-refractivity contribution >= 4 is 69.6 Å². The van der Waals surface area contributed by atoms with Crippen LogP contribution in [0.2, 0.25) is 0 Å². The molecule has 0 fully saturated rings. The predicted octanol–water partition coefficient (Wildman–Crippen LogP) is 4.37. The molecule has 6 aromatic rings. The fraction of sp³-hybridized carbons (Fsp3) is 0.227. The smallest absolute Gasteiger partial charge is 0.332 e. The number of allylic oxidation sites excluding steroid dienone is 4. The number of ketones is 4. The Morgan fingerprint density at radius 1 is 0.581 bits per heavy atom. The van der Waals surface area contributed by atoms with Gasteiger partial charge in [-0.1, -0.05) is 49.9 Å². The Bertz CT molecular complexity index is 3230. The van der Waals surface area contributed by atoms with Crippen LogP contribution in [0.3, 0.4) is 0 Å². The SMILES string of the molecule is CCc1nc2c(c3c1C(=O)C(Sc1ccccc1OC)=CC3=O)c(=O)n(C)c(=O)n2C.CCc1nc2c(c3c1C(=O)C=CC3=O)c(=O)n(C)c(=O)n2C.COc1ccccc1S. The number of hydrogen-bond donors (Lipinski definition) is 1. The molecule has 0 saturated carbocycles. The molecule has 4 heterocycles. The number of thiol groups is 1. The molecule has 2 aromatic carbocycles. The molecule has 0 N–H and O–H groups in total. The number of carbonyl (C=O) groups excluding carboxylic acids is 4. The number of aryl methyl sites for hydroxylation is 4. The van der Waals surface area contributed by atoms with E-state index in [-0.39, 0.29) is 60.8 Å². The van der Waals surface area contributed by atoms with Crippen molar-refractivity contribution in [1.29, 1.82) is 0 Å². The molecule has 0 aliphatic heterocycles. The average molecular weight is 877 g/mol. The van der Waals surface area contributed by atoms with E-state index in [2.05, 4.69) is 22.6 Å². The highest BCUT2D eigenvalue weighted by Gasteiger charge is 2.34. The number of methoxy groups -OCH3 is 2. The highest BCUT2D eigenvalue weighted by Crippen LogP contribution is 2.39. The van der Waals surface area contributed by atoms with Gasteiger partial charge in [0.25, 0.3) is 11.1 Å². The van der Waals surface area contributed by atoms with E-state index in [0.29, 0.717) is 34.9 Å². The third-order valence-corrected chi connectivity index (χ3v) is 11.7. The summed E-state index contributed by atoms with van der Waals surface area (Å²) in [6.07, 6.45) is 4.34. The summed E-state index contributed by atoms with van der Waals surface area (Å²) in [7, 11) is 8.79. The molecule has 8 rings (SSSR count). The first-order chi connectivity index (χ1) is 29.5. The minimum Gasteiger partial charge on any atom is -0.496 e. The molecule has 16 nitrogen and oxygen atoms in total. The van der Waals surface area contributed by atoms with Crippen LogP contribution in [0.5, 0.6) is 11.5 Å². The van der Waals surface area contributed by atoms with Gasteiger partial charge in [-0.15, -0.1) is 12.6 Å². The van der Waals surface area contributed by atoms with Crippen LogP contribution in [0, 0.1) is 0 Å². The van der Waals surface area contributed by atoms with Gasteiger partial charge in [0.15, 0.2) is 17.3 Å². The summed E-state index contributed by atoms with van der Waals surface area (Å²) in [5.41, 5.74) is -1.02. The van der Waals surface area contributed by atoms with Gasteiger partial charge in [-0.2, -0.15) is 0 Å². The van der Waals surface area contributed by atoms with E-state index < -0.39 is 34.1 Å². The number of hydrogen-bond acceptors (Lipinski definition) is 14. The van der Waals surface area contributed by atoms with E-state index in [4.69, 9.17) is 9.47 Å². The zero-order chi connectivity index (χ0) is 45.3. The first-order valence-electron chi connectivity index (χ1n) is 19.0. The molecule has 0 saturated heterocycles. The standard InChI is InChI=1S/C22H19N3O5S.C15H13N3O4.C7H8OS/c1-5-11-16-17(18-20(23-11)24(2)22(29)25(3)21(18)28)12(26)10-15(19(16)27)31-14-9-7-6-8-13(14)30-4;1-4-7-10-8(19)5-6-9(20)11(10)12-13(16-7)17(2)15(22)18(3)14(12)21;1-8-6-4-2-3-5-7(6)9/h6-10H,5H2,1-4H3;5-6H,4H2,1-3H3;2-5,9H,1H3. The quantitative estimate of drug-likeness (QED) is 0.232. The van der Waals surface area contributed by atoms with Crippen LogP contribution in [-0.4, -0.2) is 65.6 Å². The molecular weight excluding hydrogens is 837 g/mol. The van der Waals surface area contributed by atoms with Gasteiger partial charge in [-0.05, 0) is 49.3 Å². The van der Waals surface area contributed by atoms with Gasteiger partial charge in [0.1, 0.15) is 22.8 Å². The monoisotopic (exact) mass is 876 g/mol. The van der Waals surface area contributed by atoms with E-state index in [1.54, 1.807) is 33.1 Å². The van der Waals surface area contributed by atoms with Gasteiger partial charge >= 0.3 is 11.4 Å². The largest absolute Gasteiger partial charge is 0.496 e. The zero-order valence-electron chi connectivity index (χ0n) is 34.9. The number of thioether (sulfide) groups is 1.